The van der Waals surface area contributed by atoms with E-state index in [9.17, 15) is 27.9 Å². The molecule has 140 valence electrons. The average Bonchev–Trinajstić information content (AvgIpc) is 2.96. The number of H-pyrrole nitrogens is 1. The molecule has 10 heteroatoms. The summed E-state index contributed by atoms with van der Waals surface area (Å²) in [7, 11) is 0. The molecule has 26 heavy (non-hydrogen) atoms. The van der Waals surface area contributed by atoms with E-state index in [0.29, 0.717) is 10.9 Å². The molecule has 0 spiro atoms. The van der Waals surface area contributed by atoms with Crippen LogP contribution in [0.3, 0.4) is 0 Å². The van der Waals surface area contributed by atoms with Gasteiger partial charge in [0.25, 0.3) is 5.91 Å². The standard InChI is InChI=1S/C16H15F3N2O5/c17-16(18,19)26-10-2-1-9-7-12(20-11(9)8-10)13(22)21-5-3-15(25,4-6-21)14(23)24/h1-2,7-8,20,25H,3-6H2,(H,23,24). The number of carboxylic acid groups (broad SMARTS) is 1. The van der Waals surface area contributed by atoms with Crippen LogP contribution in [-0.4, -0.2) is 57.0 Å². The molecule has 1 aliphatic heterocycles. The van der Waals surface area contributed by atoms with Crippen molar-refractivity contribution in [2.75, 3.05) is 13.1 Å². The lowest BCUT2D eigenvalue weighted by molar-refractivity contribution is -0.274. The molecule has 0 aliphatic carbocycles. The zero-order chi connectivity index (χ0) is 19.1. The van der Waals surface area contributed by atoms with Crippen molar-refractivity contribution < 1.29 is 37.7 Å². The number of halogens is 3. The first-order chi connectivity index (χ1) is 12.1. The summed E-state index contributed by atoms with van der Waals surface area (Å²) in [6.45, 7) is 0.110. The summed E-state index contributed by atoms with van der Waals surface area (Å²) in [6, 6.07) is 5.17. The zero-order valence-corrected chi connectivity index (χ0v) is 13.3. The van der Waals surface area contributed by atoms with Crippen LogP contribution in [-0.2, 0) is 4.79 Å². The molecule has 2 aromatic rings. The van der Waals surface area contributed by atoms with Gasteiger partial charge in [-0.3, -0.25) is 4.79 Å². The Kier molecular flexibility index (Phi) is 4.31. The van der Waals surface area contributed by atoms with Gasteiger partial charge in [0.15, 0.2) is 5.60 Å². The Morgan fingerprint density at radius 1 is 1.19 bits per heavy atom. The molecule has 1 fully saturated rings. The molecule has 0 radical (unpaired) electrons. The predicted molar refractivity (Wildman–Crippen MR) is 82.7 cm³/mol. The third-order valence-electron chi connectivity index (χ3n) is 4.33. The lowest BCUT2D eigenvalue weighted by atomic mass is 9.91. The van der Waals surface area contributed by atoms with E-state index in [2.05, 4.69) is 9.72 Å². The number of nitrogens with zero attached hydrogens (tertiary/aromatic N) is 1. The van der Waals surface area contributed by atoms with Gasteiger partial charge in [-0.15, -0.1) is 13.2 Å². The van der Waals surface area contributed by atoms with E-state index in [0.717, 1.165) is 12.1 Å². The van der Waals surface area contributed by atoms with Gasteiger partial charge < -0.3 is 24.8 Å². The Balaban J connectivity index is 1.76. The number of fused-ring (bicyclic) bond motifs is 1. The number of ether oxygens (including phenoxy) is 1. The number of rotatable bonds is 3. The van der Waals surface area contributed by atoms with Crippen LogP contribution in [0.15, 0.2) is 24.3 Å². The molecule has 3 rings (SSSR count). The Morgan fingerprint density at radius 2 is 1.85 bits per heavy atom. The molecule has 1 amide bonds. The third-order valence-corrected chi connectivity index (χ3v) is 4.33. The molecule has 0 atom stereocenters. The smallest absolute Gasteiger partial charge is 0.479 e. The quantitative estimate of drug-likeness (QED) is 0.766. The highest BCUT2D eigenvalue weighted by atomic mass is 19.4. The molecule has 3 N–H and O–H groups in total. The molecule has 1 aliphatic rings. The highest BCUT2D eigenvalue weighted by Crippen LogP contribution is 2.28. The lowest BCUT2D eigenvalue weighted by Gasteiger charge is -2.35. The SMILES string of the molecule is O=C(c1cc2ccc(OC(F)(F)F)cc2[nH]1)N1CCC(O)(C(=O)O)CC1. The first-order valence-electron chi connectivity index (χ1n) is 7.71. The minimum atomic E-state index is -4.81. The van der Waals surface area contributed by atoms with Gasteiger partial charge in [-0.1, -0.05) is 0 Å². The van der Waals surface area contributed by atoms with Crippen LogP contribution in [0.25, 0.3) is 10.9 Å². The van der Waals surface area contributed by atoms with Gasteiger partial charge in [-0.2, -0.15) is 0 Å². The topological polar surface area (TPSA) is 103 Å². The van der Waals surface area contributed by atoms with Crippen molar-refractivity contribution in [2.45, 2.75) is 24.8 Å². The number of hydrogen-bond acceptors (Lipinski definition) is 4. The van der Waals surface area contributed by atoms with Crippen molar-refractivity contribution in [2.24, 2.45) is 0 Å². The minimum Gasteiger partial charge on any atom is -0.479 e. The van der Waals surface area contributed by atoms with E-state index < -0.39 is 29.6 Å². The Bertz CT molecular complexity index is 853. The molecule has 0 saturated carbocycles. The molecular formula is C16H15F3N2O5. The van der Waals surface area contributed by atoms with E-state index in [1.165, 1.54) is 17.0 Å². The van der Waals surface area contributed by atoms with Gasteiger partial charge in [0.1, 0.15) is 11.4 Å². The fourth-order valence-corrected chi connectivity index (χ4v) is 2.88. The number of piperidine rings is 1. The second-order valence-corrected chi connectivity index (χ2v) is 6.11. The number of carboxylic acids is 1. The number of likely N-dealkylation sites (tertiary alicyclic amines) is 1. The number of carbonyl (C=O) groups excluding carboxylic acids is 1. The van der Waals surface area contributed by atoms with E-state index in [1.807, 2.05) is 0 Å². The van der Waals surface area contributed by atoms with Crippen molar-refractivity contribution in [3.05, 3.63) is 30.0 Å². The third kappa shape index (κ3) is 3.59. The first kappa shape index (κ1) is 18.1. The minimum absolute atomic E-state index is 0.0550. The van der Waals surface area contributed by atoms with Gasteiger partial charge in [0.05, 0.1) is 0 Å². The number of aromatic amines is 1. The van der Waals surface area contributed by atoms with Crippen LogP contribution >= 0.6 is 0 Å². The number of aliphatic hydroxyl groups is 1. The molecule has 2 heterocycles. The van der Waals surface area contributed by atoms with Crippen molar-refractivity contribution >= 4 is 22.8 Å². The van der Waals surface area contributed by atoms with Crippen molar-refractivity contribution in [1.82, 2.24) is 9.88 Å². The Labute approximate surface area is 145 Å². The fourth-order valence-electron chi connectivity index (χ4n) is 2.88. The molecule has 1 saturated heterocycles. The summed E-state index contributed by atoms with van der Waals surface area (Å²) < 4.78 is 40.7. The fraction of sp³-hybridized carbons (Fsp3) is 0.375. The van der Waals surface area contributed by atoms with Crippen LogP contribution in [0.5, 0.6) is 5.75 Å². The summed E-state index contributed by atoms with van der Waals surface area (Å²) in [5.41, 5.74) is -1.39. The number of aliphatic carboxylic acids is 1. The second-order valence-electron chi connectivity index (χ2n) is 6.11. The van der Waals surface area contributed by atoms with Gasteiger partial charge in [0, 0.05) is 42.9 Å². The predicted octanol–water partition coefficient (Wildman–Crippen LogP) is 2.12. The maximum absolute atomic E-state index is 12.5. The lowest BCUT2D eigenvalue weighted by Crippen LogP contribution is -2.50. The van der Waals surface area contributed by atoms with Crippen LogP contribution < -0.4 is 4.74 Å². The van der Waals surface area contributed by atoms with E-state index in [4.69, 9.17) is 5.11 Å². The number of alkyl halides is 3. The summed E-state index contributed by atoms with van der Waals surface area (Å²) in [5.74, 6) is -2.16. The van der Waals surface area contributed by atoms with E-state index in [-0.39, 0.29) is 31.6 Å². The van der Waals surface area contributed by atoms with Crippen LogP contribution in [0.2, 0.25) is 0 Å². The largest absolute Gasteiger partial charge is 0.573 e. The Morgan fingerprint density at radius 3 is 2.42 bits per heavy atom. The number of benzene rings is 1. The maximum Gasteiger partial charge on any atom is 0.573 e. The molecule has 1 aromatic heterocycles. The van der Waals surface area contributed by atoms with Crippen LogP contribution in [0, 0.1) is 0 Å². The summed E-state index contributed by atoms with van der Waals surface area (Å²) in [6.07, 6.45) is -5.01. The van der Waals surface area contributed by atoms with E-state index in [1.54, 1.807) is 0 Å². The van der Waals surface area contributed by atoms with Gasteiger partial charge in [-0.25, -0.2) is 4.79 Å². The van der Waals surface area contributed by atoms with Crippen molar-refractivity contribution in [3.63, 3.8) is 0 Å². The van der Waals surface area contributed by atoms with Gasteiger partial charge in [0.2, 0.25) is 0 Å². The van der Waals surface area contributed by atoms with Gasteiger partial charge >= 0.3 is 12.3 Å². The first-order valence-corrected chi connectivity index (χ1v) is 7.71. The van der Waals surface area contributed by atoms with Gasteiger partial charge in [-0.05, 0) is 18.2 Å². The molecular weight excluding hydrogens is 357 g/mol. The summed E-state index contributed by atoms with van der Waals surface area (Å²) in [5, 5.41) is 19.4. The highest BCUT2D eigenvalue weighted by Gasteiger charge is 2.40. The molecule has 1 aromatic carbocycles. The number of hydrogen-bond donors (Lipinski definition) is 3. The number of aromatic nitrogens is 1. The average molecular weight is 372 g/mol. The highest BCUT2D eigenvalue weighted by molar-refractivity contribution is 5.98. The number of amides is 1. The summed E-state index contributed by atoms with van der Waals surface area (Å²) >= 11 is 0. The van der Waals surface area contributed by atoms with Crippen LogP contribution in [0.1, 0.15) is 23.3 Å². The molecule has 7 nitrogen and oxygen atoms in total. The van der Waals surface area contributed by atoms with E-state index >= 15 is 0 Å². The van der Waals surface area contributed by atoms with Crippen molar-refractivity contribution in [1.29, 1.82) is 0 Å². The van der Waals surface area contributed by atoms with Crippen molar-refractivity contribution in [3.8, 4) is 5.75 Å². The monoisotopic (exact) mass is 372 g/mol. The number of nitrogens with one attached hydrogen (secondary N) is 1. The van der Waals surface area contributed by atoms with Crippen LogP contribution in [0.4, 0.5) is 13.2 Å². The maximum atomic E-state index is 12.5. The Hall–Kier alpha value is -2.75. The zero-order valence-electron chi connectivity index (χ0n) is 13.3. The second kappa shape index (κ2) is 6.20. The molecule has 0 unspecified atom stereocenters. The normalized spacial score (nSPS) is 17.3. The molecule has 0 bridgehead atoms. The number of carbonyl (C=O) groups is 2. The summed E-state index contributed by atoms with van der Waals surface area (Å²) in [4.78, 5) is 27.7.